The van der Waals surface area contributed by atoms with Gasteiger partial charge in [-0.05, 0) is 6.42 Å². The van der Waals surface area contributed by atoms with Crippen molar-refractivity contribution in [2.24, 2.45) is 5.73 Å². The molecule has 0 spiro atoms. The van der Waals surface area contributed by atoms with Gasteiger partial charge < -0.3 is 5.73 Å². The maximum absolute atomic E-state index is 11.2. The Balaban J connectivity index is 4.23. The quantitative estimate of drug-likeness (QED) is 0.598. The van der Waals surface area contributed by atoms with Crippen LogP contribution in [0.2, 0.25) is 0 Å². The summed E-state index contributed by atoms with van der Waals surface area (Å²) >= 11 is 0. The molecule has 0 heterocycles. The van der Waals surface area contributed by atoms with E-state index in [1.807, 2.05) is 6.92 Å². The van der Waals surface area contributed by atoms with E-state index < -0.39 is 10.2 Å². The van der Waals surface area contributed by atoms with Gasteiger partial charge in [-0.3, -0.25) is 0 Å². The van der Waals surface area contributed by atoms with Gasteiger partial charge in [-0.25, -0.2) is 0 Å². The van der Waals surface area contributed by atoms with Crippen LogP contribution in [0.3, 0.4) is 0 Å². The highest BCUT2D eigenvalue weighted by atomic mass is 32.2. The lowest BCUT2D eigenvalue weighted by Crippen LogP contribution is -2.45. The fraction of sp³-hybridized carbons (Fsp3) is 1.00. The molecule has 0 aliphatic carbocycles. The van der Waals surface area contributed by atoms with Gasteiger partial charge in [0.25, 0.3) is 10.2 Å². The smallest absolute Gasteiger partial charge is 0.279 e. The third kappa shape index (κ3) is 3.48. The van der Waals surface area contributed by atoms with Crippen molar-refractivity contribution in [3.8, 4) is 0 Å². The Morgan fingerprint density at radius 3 is 2.25 bits per heavy atom. The first kappa shape index (κ1) is 11.8. The van der Waals surface area contributed by atoms with Crippen molar-refractivity contribution in [3.05, 3.63) is 0 Å². The normalized spacial score (nSPS) is 15.1. The van der Waals surface area contributed by atoms with E-state index in [1.165, 1.54) is 14.1 Å². The van der Waals surface area contributed by atoms with Gasteiger partial charge in [0.1, 0.15) is 0 Å². The summed E-state index contributed by atoms with van der Waals surface area (Å²) in [7, 11) is -0.363. The van der Waals surface area contributed by atoms with Crippen LogP contribution in [-0.4, -0.2) is 39.4 Å². The summed E-state index contributed by atoms with van der Waals surface area (Å²) < 4.78 is 26.0. The number of rotatable bonds is 5. The van der Waals surface area contributed by atoms with Crippen LogP contribution >= 0.6 is 0 Å². The maximum Gasteiger partial charge on any atom is 0.279 e. The number of hydrogen-bond acceptors (Lipinski definition) is 3. The molecular formula is C6H17N3O2S. The zero-order valence-corrected chi connectivity index (χ0v) is 8.56. The second-order valence-electron chi connectivity index (χ2n) is 2.75. The minimum Gasteiger partial charge on any atom is -0.329 e. The summed E-state index contributed by atoms with van der Waals surface area (Å²) in [5, 5.41) is 0. The van der Waals surface area contributed by atoms with Crippen LogP contribution in [0.15, 0.2) is 0 Å². The highest BCUT2D eigenvalue weighted by Crippen LogP contribution is 1.94. The largest absolute Gasteiger partial charge is 0.329 e. The molecule has 0 aromatic carbocycles. The molecule has 0 aliphatic heterocycles. The average Bonchev–Trinajstić information content (AvgIpc) is 2.00. The van der Waals surface area contributed by atoms with Gasteiger partial charge in [-0.15, -0.1) is 0 Å². The molecule has 0 aromatic rings. The minimum atomic E-state index is -3.32. The maximum atomic E-state index is 11.2. The summed E-state index contributed by atoms with van der Waals surface area (Å²) in [6.07, 6.45) is 0.698. The van der Waals surface area contributed by atoms with Crippen molar-refractivity contribution in [2.45, 2.75) is 19.4 Å². The highest BCUT2D eigenvalue weighted by molar-refractivity contribution is 7.87. The number of nitrogens with one attached hydrogen (secondary N) is 1. The molecule has 0 aromatic heterocycles. The van der Waals surface area contributed by atoms with E-state index in [-0.39, 0.29) is 6.04 Å². The van der Waals surface area contributed by atoms with Gasteiger partial charge in [-0.1, -0.05) is 6.92 Å². The average molecular weight is 195 g/mol. The molecule has 0 saturated carbocycles. The van der Waals surface area contributed by atoms with Gasteiger partial charge >= 0.3 is 0 Å². The Morgan fingerprint density at radius 1 is 1.50 bits per heavy atom. The Labute approximate surface area is 74.1 Å². The molecule has 0 aliphatic rings. The molecule has 0 radical (unpaired) electrons. The van der Waals surface area contributed by atoms with Crippen LogP contribution in [0.5, 0.6) is 0 Å². The Bertz CT molecular complexity index is 209. The first-order chi connectivity index (χ1) is 5.44. The number of hydrogen-bond donors (Lipinski definition) is 2. The van der Waals surface area contributed by atoms with Crippen LogP contribution in [0.25, 0.3) is 0 Å². The first-order valence-electron chi connectivity index (χ1n) is 3.83. The lowest BCUT2D eigenvalue weighted by atomic mass is 10.2. The minimum absolute atomic E-state index is 0.169. The molecule has 0 amide bonds. The zero-order valence-electron chi connectivity index (χ0n) is 7.74. The molecule has 0 fully saturated rings. The summed E-state index contributed by atoms with van der Waals surface area (Å²) in [6.45, 7) is 2.21. The third-order valence-corrected chi connectivity index (χ3v) is 3.17. The van der Waals surface area contributed by atoms with Gasteiger partial charge in [0.15, 0.2) is 0 Å². The van der Waals surface area contributed by atoms with E-state index in [4.69, 9.17) is 5.73 Å². The molecule has 0 bridgehead atoms. The summed E-state index contributed by atoms with van der Waals surface area (Å²) in [4.78, 5) is 0. The molecule has 12 heavy (non-hydrogen) atoms. The van der Waals surface area contributed by atoms with Crippen LogP contribution in [-0.2, 0) is 10.2 Å². The van der Waals surface area contributed by atoms with Crippen molar-refractivity contribution in [1.29, 1.82) is 0 Å². The zero-order chi connectivity index (χ0) is 9.78. The topological polar surface area (TPSA) is 75.4 Å². The lowest BCUT2D eigenvalue weighted by molar-refractivity contribution is 0.482. The molecule has 1 unspecified atom stereocenters. The van der Waals surface area contributed by atoms with E-state index >= 15 is 0 Å². The third-order valence-electron chi connectivity index (χ3n) is 1.57. The van der Waals surface area contributed by atoms with Gasteiger partial charge in [0.05, 0.1) is 0 Å². The Hall–Kier alpha value is -0.170. The fourth-order valence-electron chi connectivity index (χ4n) is 0.614. The molecule has 0 rings (SSSR count). The van der Waals surface area contributed by atoms with Gasteiger partial charge in [0, 0.05) is 26.7 Å². The highest BCUT2D eigenvalue weighted by Gasteiger charge is 2.16. The molecule has 5 nitrogen and oxygen atoms in total. The molecule has 0 saturated heterocycles. The van der Waals surface area contributed by atoms with Gasteiger partial charge in [0.2, 0.25) is 0 Å². The van der Waals surface area contributed by atoms with Crippen molar-refractivity contribution >= 4 is 10.2 Å². The fourth-order valence-corrected chi connectivity index (χ4v) is 1.51. The summed E-state index contributed by atoms with van der Waals surface area (Å²) in [6, 6.07) is -0.169. The van der Waals surface area contributed by atoms with Crippen LogP contribution in [0, 0.1) is 0 Å². The molecule has 6 heteroatoms. The summed E-state index contributed by atoms with van der Waals surface area (Å²) in [5.41, 5.74) is 5.35. The van der Waals surface area contributed by atoms with Crippen molar-refractivity contribution < 1.29 is 8.42 Å². The van der Waals surface area contributed by atoms with Crippen molar-refractivity contribution in [1.82, 2.24) is 9.03 Å². The van der Waals surface area contributed by atoms with Crippen LogP contribution in [0.4, 0.5) is 0 Å². The van der Waals surface area contributed by atoms with Gasteiger partial charge in [-0.2, -0.15) is 17.4 Å². The van der Waals surface area contributed by atoms with E-state index in [1.54, 1.807) is 0 Å². The van der Waals surface area contributed by atoms with E-state index in [9.17, 15) is 8.42 Å². The molecular weight excluding hydrogens is 178 g/mol. The van der Waals surface area contributed by atoms with E-state index in [0.29, 0.717) is 13.0 Å². The first-order valence-corrected chi connectivity index (χ1v) is 5.28. The molecule has 1 atom stereocenters. The molecule has 3 N–H and O–H groups in total. The Morgan fingerprint density at radius 2 is 2.00 bits per heavy atom. The van der Waals surface area contributed by atoms with Crippen LogP contribution < -0.4 is 10.5 Å². The standard InChI is InChI=1S/C6H17N3O2S/c1-4-6(5-7)8-12(10,11)9(2)3/h6,8H,4-5,7H2,1-3H3. The second-order valence-corrected chi connectivity index (χ2v) is 4.66. The van der Waals surface area contributed by atoms with E-state index in [0.717, 1.165) is 4.31 Å². The lowest BCUT2D eigenvalue weighted by Gasteiger charge is -2.18. The monoisotopic (exact) mass is 195 g/mol. The summed E-state index contributed by atoms with van der Waals surface area (Å²) in [5.74, 6) is 0. The predicted molar refractivity (Wildman–Crippen MR) is 48.9 cm³/mol. The predicted octanol–water partition coefficient (Wildman–Crippen LogP) is -0.880. The van der Waals surface area contributed by atoms with Crippen molar-refractivity contribution in [3.63, 3.8) is 0 Å². The van der Waals surface area contributed by atoms with Crippen LogP contribution in [0.1, 0.15) is 13.3 Å². The SMILES string of the molecule is CCC(CN)NS(=O)(=O)N(C)C. The molecule has 74 valence electrons. The number of nitrogens with two attached hydrogens (primary N) is 1. The number of nitrogens with zero attached hydrogens (tertiary/aromatic N) is 1. The van der Waals surface area contributed by atoms with E-state index in [2.05, 4.69) is 4.72 Å². The Kier molecular flexibility index (Phi) is 4.69. The second kappa shape index (κ2) is 4.76. The van der Waals surface area contributed by atoms with Crippen molar-refractivity contribution in [2.75, 3.05) is 20.6 Å².